The lowest BCUT2D eigenvalue weighted by Gasteiger charge is -2.20. The number of rotatable bonds is 9. The molecule has 0 radical (unpaired) electrons. The van der Waals surface area contributed by atoms with Crippen molar-refractivity contribution >= 4 is 22.9 Å². The van der Waals surface area contributed by atoms with Gasteiger partial charge in [-0.1, -0.05) is 18.2 Å². The van der Waals surface area contributed by atoms with Crippen LogP contribution in [0.2, 0.25) is 0 Å². The number of nitrogens with two attached hydrogens (primary N) is 1. The standard InChI is InChI=1S/C28H30N8O3/c1-18(34-26(37)19(15-29)14-28(2,3)31-4)16-35-25-23(24(30)32-17-33-25)36(27(35)38)20-10-12-22(13-11-20)39-21-8-6-5-7-9-21/h5-14,17-18,31H,16H2,1-4H3,(H,34,37)(H2,30,32,33)/b19-14+/t18-/m0/s1. The highest BCUT2D eigenvalue weighted by Crippen LogP contribution is 2.25. The molecule has 11 nitrogen and oxygen atoms in total. The van der Waals surface area contributed by atoms with Crippen molar-refractivity contribution in [2.24, 2.45) is 0 Å². The zero-order valence-corrected chi connectivity index (χ0v) is 22.2. The molecule has 0 spiro atoms. The molecule has 0 fully saturated rings. The molecule has 0 saturated heterocycles. The van der Waals surface area contributed by atoms with Gasteiger partial charge in [0.25, 0.3) is 5.91 Å². The summed E-state index contributed by atoms with van der Waals surface area (Å²) in [5.74, 6) is 0.899. The van der Waals surface area contributed by atoms with Crippen LogP contribution < -0.4 is 26.8 Å². The summed E-state index contributed by atoms with van der Waals surface area (Å²) in [5, 5.41) is 15.3. The summed E-state index contributed by atoms with van der Waals surface area (Å²) in [6.45, 7) is 5.53. The number of hydrogen-bond donors (Lipinski definition) is 3. The van der Waals surface area contributed by atoms with Gasteiger partial charge in [0.2, 0.25) is 0 Å². The average Bonchev–Trinajstić information content (AvgIpc) is 3.20. The summed E-state index contributed by atoms with van der Waals surface area (Å²) in [4.78, 5) is 34.8. The van der Waals surface area contributed by atoms with E-state index in [-0.39, 0.29) is 17.9 Å². The first-order chi connectivity index (χ1) is 18.6. The lowest BCUT2D eigenvalue weighted by Crippen LogP contribution is -2.40. The molecule has 1 atom stereocenters. The molecular formula is C28H30N8O3. The number of fused-ring (bicyclic) bond motifs is 1. The number of para-hydroxylation sites is 1. The first-order valence-electron chi connectivity index (χ1n) is 12.3. The Labute approximate surface area is 225 Å². The number of likely N-dealkylation sites (N-methyl/N-ethyl adjacent to an activating group) is 1. The number of imidazole rings is 1. The van der Waals surface area contributed by atoms with Crippen LogP contribution in [-0.4, -0.2) is 43.6 Å². The summed E-state index contributed by atoms with van der Waals surface area (Å²) < 4.78 is 8.72. The molecule has 11 heteroatoms. The summed E-state index contributed by atoms with van der Waals surface area (Å²) in [7, 11) is 1.74. The van der Waals surface area contributed by atoms with Crippen molar-refractivity contribution in [3.63, 3.8) is 0 Å². The van der Waals surface area contributed by atoms with Gasteiger partial charge in [-0.25, -0.2) is 14.8 Å². The van der Waals surface area contributed by atoms with Crippen LogP contribution in [0.25, 0.3) is 16.9 Å². The van der Waals surface area contributed by atoms with Crippen LogP contribution in [-0.2, 0) is 11.3 Å². The van der Waals surface area contributed by atoms with Gasteiger partial charge in [-0.2, -0.15) is 5.26 Å². The van der Waals surface area contributed by atoms with Gasteiger partial charge in [0, 0.05) is 18.1 Å². The second-order valence-corrected chi connectivity index (χ2v) is 9.58. The average molecular weight is 527 g/mol. The van der Waals surface area contributed by atoms with Crippen molar-refractivity contribution < 1.29 is 9.53 Å². The normalized spacial score (nSPS) is 12.6. The van der Waals surface area contributed by atoms with Crippen LogP contribution >= 0.6 is 0 Å². The van der Waals surface area contributed by atoms with Crippen LogP contribution in [0.3, 0.4) is 0 Å². The number of carbonyl (C=O) groups is 1. The van der Waals surface area contributed by atoms with E-state index in [2.05, 4.69) is 20.6 Å². The number of carbonyl (C=O) groups excluding carboxylic acids is 1. The highest BCUT2D eigenvalue weighted by molar-refractivity contribution is 5.97. The summed E-state index contributed by atoms with van der Waals surface area (Å²) in [5.41, 5.74) is 6.43. The van der Waals surface area contributed by atoms with Gasteiger partial charge >= 0.3 is 5.69 Å². The molecule has 2 aromatic carbocycles. The minimum absolute atomic E-state index is 0.0274. The first-order valence-corrected chi connectivity index (χ1v) is 12.3. The van der Waals surface area contributed by atoms with E-state index in [0.717, 1.165) is 0 Å². The fraction of sp³-hybridized carbons (Fsp3) is 0.250. The van der Waals surface area contributed by atoms with Crippen molar-refractivity contribution in [1.82, 2.24) is 29.7 Å². The molecule has 0 aliphatic heterocycles. The molecule has 4 N–H and O–H groups in total. The van der Waals surface area contributed by atoms with E-state index >= 15 is 0 Å². The zero-order chi connectivity index (χ0) is 28.2. The molecule has 2 aromatic heterocycles. The third-order valence-corrected chi connectivity index (χ3v) is 6.16. The maximum Gasteiger partial charge on any atom is 0.335 e. The third-order valence-electron chi connectivity index (χ3n) is 6.16. The molecule has 1 amide bonds. The number of benzene rings is 2. The van der Waals surface area contributed by atoms with Crippen molar-refractivity contribution in [2.45, 2.75) is 38.9 Å². The Bertz CT molecular complexity index is 1610. The maximum absolute atomic E-state index is 13.6. The lowest BCUT2D eigenvalue weighted by atomic mass is 10.0. The Morgan fingerprint density at radius 2 is 1.82 bits per heavy atom. The zero-order valence-electron chi connectivity index (χ0n) is 22.2. The smallest absolute Gasteiger partial charge is 0.335 e. The highest BCUT2D eigenvalue weighted by Gasteiger charge is 2.22. The molecular weight excluding hydrogens is 496 g/mol. The number of hydrogen-bond acceptors (Lipinski definition) is 8. The molecule has 39 heavy (non-hydrogen) atoms. The van der Waals surface area contributed by atoms with E-state index in [1.807, 2.05) is 50.2 Å². The van der Waals surface area contributed by atoms with Gasteiger partial charge in [0.05, 0.1) is 5.69 Å². The van der Waals surface area contributed by atoms with Crippen LogP contribution in [0, 0.1) is 11.3 Å². The minimum Gasteiger partial charge on any atom is -0.457 e. The number of amides is 1. The van der Waals surface area contributed by atoms with Crippen molar-refractivity contribution in [3.8, 4) is 23.3 Å². The molecule has 0 aliphatic carbocycles. The van der Waals surface area contributed by atoms with Gasteiger partial charge in [0.15, 0.2) is 11.5 Å². The Balaban J connectivity index is 1.64. The van der Waals surface area contributed by atoms with Gasteiger partial charge in [-0.3, -0.25) is 13.9 Å². The van der Waals surface area contributed by atoms with Crippen molar-refractivity contribution in [1.29, 1.82) is 5.26 Å². The fourth-order valence-corrected chi connectivity index (χ4v) is 4.00. The van der Waals surface area contributed by atoms with Crippen molar-refractivity contribution in [3.05, 3.63) is 83.1 Å². The number of nitrogens with zero attached hydrogens (tertiary/aromatic N) is 5. The van der Waals surface area contributed by atoms with Gasteiger partial charge in [0.1, 0.15) is 35.0 Å². The summed E-state index contributed by atoms with van der Waals surface area (Å²) >= 11 is 0. The highest BCUT2D eigenvalue weighted by atomic mass is 16.5. The molecule has 4 rings (SSSR count). The molecule has 200 valence electrons. The minimum atomic E-state index is -0.549. The van der Waals surface area contributed by atoms with E-state index in [0.29, 0.717) is 28.4 Å². The van der Waals surface area contributed by atoms with Crippen LogP contribution in [0.15, 0.2) is 77.4 Å². The number of ether oxygens (including phenoxy) is 1. The van der Waals surface area contributed by atoms with Crippen LogP contribution in [0.5, 0.6) is 11.5 Å². The quantitative estimate of drug-likeness (QED) is 0.222. The Morgan fingerprint density at radius 3 is 2.46 bits per heavy atom. The number of anilines is 1. The van der Waals surface area contributed by atoms with Crippen LogP contribution in [0.4, 0.5) is 5.82 Å². The summed E-state index contributed by atoms with van der Waals surface area (Å²) in [6.07, 6.45) is 2.85. The van der Waals surface area contributed by atoms with E-state index in [9.17, 15) is 14.9 Å². The number of nitrogen functional groups attached to an aromatic ring is 1. The van der Waals surface area contributed by atoms with E-state index < -0.39 is 23.2 Å². The number of aromatic nitrogens is 4. The second kappa shape index (κ2) is 11.2. The van der Waals surface area contributed by atoms with Gasteiger partial charge in [-0.15, -0.1) is 0 Å². The van der Waals surface area contributed by atoms with E-state index in [1.165, 1.54) is 15.5 Å². The Kier molecular flexibility index (Phi) is 7.78. The fourth-order valence-electron chi connectivity index (χ4n) is 4.00. The number of nitriles is 1. The number of nitrogens with one attached hydrogen (secondary N) is 2. The van der Waals surface area contributed by atoms with Gasteiger partial charge < -0.3 is 21.1 Å². The maximum atomic E-state index is 13.6. The third kappa shape index (κ3) is 5.97. The predicted octanol–water partition coefficient (Wildman–Crippen LogP) is 2.91. The molecule has 0 unspecified atom stereocenters. The SMILES string of the molecule is CNC(C)(C)/C=C(\C#N)C(=O)N[C@@H](C)Cn1c(=O)n(-c2ccc(Oc3ccccc3)cc2)c2c(N)ncnc21. The summed E-state index contributed by atoms with van der Waals surface area (Å²) in [6, 6.07) is 17.8. The monoisotopic (exact) mass is 526 g/mol. The molecule has 0 aliphatic rings. The second-order valence-electron chi connectivity index (χ2n) is 9.58. The largest absolute Gasteiger partial charge is 0.457 e. The molecule has 4 aromatic rings. The lowest BCUT2D eigenvalue weighted by molar-refractivity contribution is -0.117. The van der Waals surface area contributed by atoms with Gasteiger partial charge in [-0.05, 0) is 70.3 Å². The molecule has 0 saturated carbocycles. The van der Waals surface area contributed by atoms with Crippen molar-refractivity contribution in [2.75, 3.05) is 12.8 Å². The first kappa shape index (κ1) is 27.1. The molecule has 2 heterocycles. The van der Waals surface area contributed by atoms with Crippen LogP contribution in [0.1, 0.15) is 20.8 Å². The predicted molar refractivity (Wildman–Crippen MR) is 148 cm³/mol. The Hall–Kier alpha value is -4.95. The Morgan fingerprint density at radius 1 is 1.15 bits per heavy atom. The van der Waals surface area contributed by atoms with E-state index in [1.54, 1.807) is 44.3 Å². The molecule has 0 bridgehead atoms. The van der Waals surface area contributed by atoms with E-state index in [4.69, 9.17) is 10.5 Å². The topological polar surface area (TPSA) is 153 Å².